The van der Waals surface area contributed by atoms with E-state index >= 15 is 0 Å². The summed E-state index contributed by atoms with van der Waals surface area (Å²) in [5.74, 6) is 0.970. The molecule has 1 unspecified atom stereocenters. The molecule has 0 fully saturated rings. The van der Waals surface area contributed by atoms with Gasteiger partial charge in [-0.1, -0.05) is 30.7 Å². The van der Waals surface area contributed by atoms with Gasteiger partial charge in [0.05, 0.1) is 17.8 Å². The number of ether oxygens (including phenoxy) is 2. The molecule has 148 valence electrons. The van der Waals surface area contributed by atoms with E-state index in [2.05, 4.69) is 5.10 Å². The van der Waals surface area contributed by atoms with Crippen LogP contribution < -0.4 is 10.3 Å². The zero-order chi connectivity index (χ0) is 20.0. The van der Waals surface area contributed by atoms with Gasteiger partial charge in [-0.2, -0.15) is 5.10 Å². The van der Waals surface area contributed by atoms with Crippen LogP contribution in [0.3, 0.4) is 0 Å². The number of aliphatic hydroxyl groups excluding tert-OH is 1. The maximum absolute atomic E-state index is 12.4. The largest absolute Gasteiger partial charge is 0.491 e. The minimum Gasteiger partial charge on any atom is -0.491 e. The van der Waals surface area contributed by atoms with E-state index in [1.165, 1.54) is 10.9 Å². The Kier molecular flexibility index (Phi) is 7.27. The van der Waals surface area contributed by atoms with Crippen LogP contribution in [0.25, 0.3) is 0 Å². The number of hydrogen-bond acceptors (Lipinski definition) is 5. The highest BCUT2D eigenvalue weighted by Gasteiger charge is 2.20. The zero-order valence-corrected chi connectivity index (χ0v) is 17.0. The number of nitrogens with zero attached hydrogens (tertiary/aromatic N) is 2. The van der Waals surface area contributed by atoms with Gasteiger partial charge in [-0.3, -0.25) is 4.79 Å². The molecule has 1 aromatic heterocycles. The smallest absolute Gasteiger partial charge is 0.289 e. The molecule has 0 saturated heterocycles. The average Bonchev–Trinajstić information content (AvgIpc) is 2.85. The second kappa shape index (κ2) is 9.24. The van der Waals surface area contributed by atoms with Gasteiger partial charge in [0.2, 0.25) is 0 Å². The van der Waals surface area contributed by atoms with Crippen molar-refractivity contribution in [3.05, 3.63) is 57.2 Å². The van der Waals surface area contributed by atoms with Crippen molar-refractivity contribution in [1.82, 2.24) is 9.78 Å². The summed E-state index contributed by atoms with van der Waals surface area (Å²) in [6, 6.07) is 0. The van der Waals surface area contributed by atoms with Crippen LogP contribution in [0.4, 0.5) is 0 Å². The molecular weight excluding hydrogens is 368 g/mol. The molecule has 2 rings (SSSR count). The Morgan fingerprint density at radius 3 is 2.70 bits per heavy atom. The number of allylic oxidation sites excluding steroid dienone is 3. The van der Waals surface area contributed by atoms with Gasteiger partial charge in [-0.05, 0) is 51.3 Å². The van der Waals surface area contributed by atoms with Crippen LogP contribution in [0.5, 0.6) is 5.75 Å². The first kappa shape index (κ1) is 21.3. The molecule has 27 heavy (non-hydrogen) atoms. The normalized spacial score (nSPS) is 15.6. The summed E-state index contributed by atoms with van der Waals surface area (Å²) < 4.78 is 12.6. The predicted octanol–water partition coefficient (Wildman–Crippen LogP) is 3.59. The Morgan fingerprint density at radius 1 is 1.30 bits per heavy atom. The van der Waals surface area contributed by atoms with Gasteiger partial charge in [0.1, 0.15) is 19.0 Å². The second-order valence-electron chi connectivity index (χ2n) is 7.33. The van der Waals surface area contributed by atoms with Crippen molar-refractivity contribution in [2.24, 2.45) is 0 Å². The van der Waals surface area contributed by atoms with Crippen LogP contribution in [0.2, 0.25) is 5.02 Å². The second-order valence-corrected chi connectivity index (χ2v) is 7.70. The molecule has 0 spiro atoms. The fourth-order valence-corrected chi connectivity index (χ4v) is 2.52. The summed E-state index contributed by atoms with van der Waals surface area (Å²) in [4.78, 5) is 12.4. The number of aromatic nitrogens is 2. The van der Waals surface area contributed by atoms with E-state index in [1.807, 2.05) is 52.0 Å². The van der Waals surface area contributed by atoms with Gasteiger partial charge in [0.15, 0.2) is 10.8 Å². The highest BCUT2D eigenvalue weighted by Crippen LogP contribution is 2.22. The molecule has 6 nitrogen and oxygen atoms in total. The Labute approximate surface area is 164 Å². The van der Waals surface area contributed by atoms with E-state index in [9.17, 15) is 9.90 Å². The Balaban J connectivity index is 1.99. The summed E-state index contributed by atoms with van der Waals surface area (Å²) in [7, 11) is 0. The van der Waals surface area contributed by atoms with E-state index in [-0.39, 0.29) is 29.5 Å². The molecule has 0 amide bonds. The third-order valence-corrected chi connectivity index (χ3v) is 4.34. The lowest BCUT2D eigenvalue weighted by Gasteiger charge is -2.21. The van der Waals surface area contributed by atoms with Crippen LogP contribution in [-0.4, -0.2) is 34.2 Å². The molecule has 7 heteroatoms. The van der Waals surface area contributed by atoms with E-state index in [0.29, 0.717) is 18.6 Å². The molecule has 1 N–H and O–H groups in total. The summed E-state index contributed by atoms with van der Waals surface area (Å²) in [5, 5.41) is 13.8. The molecule has 1 aliphatic carbocycles. The number of hydrogen-bond donors (Lipinski definition) is 1. The molecule has 0 saturated carbocycles. The third-order valence-electron chi connectivity index (χ3n) is 3.99. The van der Waals surface area contributed by atoms with Crippen molar-refractivity contribution in [1.29, 1.82) is 0 Å². The van der Waals surface area contributed by atoms with Crippen LogP contribution in [0, 0.1) is 0 Å². The molecule has 0 aromatic carbocycles. The topological polar surface area (TPSA) is 73.6 Å². The molecule has 0 aliphatic heterocycles. The first-order valence-electron chi connectivity index (χ1n) is 9.01. The molecule has 1 aromatic rings. The zero-order valence-electron chi connectivity index (χ0n) is 16.2. The van der Waals surface area contributed by atoms with Gasteiger partial charge < -0.3 is 14.6 Å². The maximum Gasteiger partial charge on any atom is 0.289 e. The maximum atomic E-state index is 12.4. The molecule has 0 bridgehead atoms. The molecular formula is C20H27ClN2O4. The molecule has 1 heterocycles. The number of aliphatic hydroxyl groups is 1. The number of rotatable bonds is 7. The van der Waals surface area contributed by atoms with Crippen LogP contribution in [0.15, 0.2) is 46.6 Å². The van der Waals surface area contributed by atoms with E-state index < -0.39 is 11.6 Å². The first-order chi connectivity index (χ1) is 12.7. The lowest BCUT2D eigenvalue weighted by atomic mass is 10.1. The quantitative estimate of drug-likeness (QED) is 0.765. The minimum absolute atomic E-state index is 0.0221. The SMILES string of the molecule is CCC(O)COC1=CCC=C(COc2cnn(C(C)(C)C)c(=O)c2Cl)C=C1. The van der Waals surface area contributed by atoms with Crippen molar-refractivity contribution < 1.29 is 14.6 Å². The van der Waals surface area contributed by atoms with Crippen molar-refractivity contribution in [2.75, 3.05) is 13.2 Å². The summed E-state index contributed by atoms with van der Waals surface area (Å²) in [5.41, 5.74) is 0.0926. The van der Waals surface area contributed by atoms with Crippen LogP contribution >= 0.6 is 11.6 Å². The van der Waals surface area contributed by atoms with Crippen molar-refractivity contribution in [2.45, 2.75) is 52.2 Å². The fourth-order valence-electron chi connectivity index (χ4n) is 2.33. The Bertz CT molecular complexity index is 803. The van der Waals surface area contributed by atoms with Crippen molar-refractivity contribution >= 4 is 11.6 Å². The van der Waals surface area contributed by atoms with Crippen LogP contribution in [-0.2, 0) is 10.3 Å². The van der Waals surface area contributed by atoms with Gasteiger partial charge in [-0.15, -0.1) is 0 Å². The third kappa shape index (κ3) is 5.97. The van der Waals surface area contributed by atoms with E-state index in [0.717, 1.165) is 5.57 Å². The first-order valence-corrected chi connectivity index (χ1v) is 9.39. The van der Waals surface area contributed by atoms with Crippen molar-refractivity contribution in [3.8, 4) is 5.75 Å². The molecule has 0 radical (unpaired) electrons. The average molecular weight is 395 g/mol. The van der Waals surface area contributed by atoms with Gasteiger partial charge in [-0.25, -0.2) is 4.68 Å². The summed E-state index contributed by atoms with van der Waals surface area (Å²) >= 11 is 6.17. The lowest BCUT2D eigenvalue weighted by Crippen LogP contribution is -2.36. The number of halogens is 1. The van der Waals surface area contributed by atoms with Crippen LogP contribution in [0.1, 0.15) is 40.5 Å². The lowest BCUT2D eigenvalue weighted by molar-refractivity contribution is 0.0730. The highest BCUT2D eigenvalue weighted by molar-refractivity contribution is 6.31. The van der Waals surface area contributed by atoms with E-state index in [1.54, 1.807) is 0 Å². The Hall–Kier alpha value is -2.05. The van der Waals surface area contributed by atoms with E-state index in [4.69, 9.17) is 21.1 Å². The molecule has 1 atom stereocenters. The summed E-state index contributed by atoms with van der Waals surface area (Å²) in [6.45, 7) is 8.07. The van der Waals surface area contributed by atoms with Gasteiger partial charge >= 0.3 is 0 Å². The minimum atomic E-state index is -0.469. The van der Waals surface area contributed by atoms with Gasteiger partial charge in [0, 0.05) is 0 Å². The summed E-state index contributed by atoms with van der Waals surface area (Å²) in [6.07, 6.45) is 9.98. The monoisotopic (exact) mass is 394 g/mol. The van der Waals surface area contributed by atoms with Gasteiger partial charge in [0.25, 0.3) is 5.56 Å². The standard InChI is InChI=1S/C20H27ClN2O4/c1-5-15(24)13-26-16-8-6-7-14(9-10-16)12-27-17-11-22-23(20(2,3)4)19(25)18(17)21/h7-11,15,24H,5-6,12-13H2,1-4H3. The van der Waals surface area contributed by atoms with Crippen molar-refractivity contribution in [3.63, 3.8) is 0 Å². The molecule has 1 aliphatic rings. The highest BCUT2D eigenvalue weighted by atomic mass is 35.5. The fraction of sp³-hybridized carbons (Fsp3) is 0.500. The predicted molar refractivity (Wildman–Crippen MR) is 106 cm³/mol. The Morgan fingerprint density at radius 2 is 2.04 bits per heavy atom.